The van der Waals surface area contributed by atoms with Crippen LogP contribution in [0.4, 0.5) is 5.69 Å². The Kier molecular flexibility index (Phi) is 3.64. The molecule has 2 nitrogen and oxygen atoms in total. The normalized spacial score (nSPS) is 28.2. The number of fused-ring (bicyclic) bond motifs is 1. The number of rotatable bonds is 2. The number of aryl methyl sites for hydroxylation is 2. The van der Waals surface area contributed by atoms with Crippen molar-refractivity contribution in [1.29, 1.82) is 0 Å². The molecule has 0 saturated heterocycles. The lowest BCUT2D eigenvalue weighted by Gasteiger charge is -2.07. The van der Waals surface area contributed by atoms with Crippen LogP contribution in [0.2, 0.25) is 0 Å². The zero-order valence-corrected chi connectivity index (χ0v) is 12.4. The van der Waals surface area contributed by atoms with E-state index in [0.717, 1.165) is 5.69 Å². The Morgan fingerprint density at radius 1 is 1.20 bits per heavy atom. The van der Waals surface area contributed by atoms with Crippen molar-refractivity contribution in [2.24, 2.45) is 17.8 Å². The van der Waals surface area contributed by atoms with Gasteiger partial charge in [0.05, 0.1) is 0 Å². The van der Waals surface area contributed by atoms with Gasteiger partial charge in [-0.1, -0.05) is 24.6 Å². The summed E-state index contributed by atoms with van der Waals surface area (Å²) in [6, 6.07) is 6.13. The fraction of sp³-hybridized carbons (Fsp3) is 0.500. The first-order valence-electron chi connectivity index (χ1n) is 7.71. The molecule has 1 aromatic rings. The minimum Gasteiger partial charge on any atom is -0.326 e. The molecular weight excluding hydrogens is 246 g/mol. The van der Waals surface area contributed by atoms with Crippen LogP contribution in [0.15, 0.2) is 30.4 Å². The summed E-state index contributed by atoms with van der Waals surface area (Å²) < 4.78 is 0. The van der Waals surface area contributed by atoms with E-state index in [4.69, 9.17) is 0 Å². The third-order valence-corrected chi connectivity index (χ3v) is 4.82. The second kappa shape index (κ2) is 5.43. The van der Waals surface area contributed by atoms with Crippen molar-refractivity contribution in [3.8, 4) is 0 Å². The molecule has 3 atom stereocenters. The van der Waals surface area contributed by atoms with Crippen LogP contribution in [-0.4, -0.2) is 5.91 Å². The summed E-state index contributed by atoms with van der Waals surface area (Å²) in [5.74, 6) is 1.47. The minimum absolute atomic E-state index is 0.200. The van der Waals surface area contributed by atoms with Crippen LogP contribution in [0.1, 0.15) is 36.8 Å². The standard InChI is InChI=1S/C18H23NO/c1-12-9-10-14(11-13(12)2)19-18(20)17-15-7-5-3-4-6-8-16(15)17/h5,7,9-11,15-17H,3-4,6,8H2,1-2H3,(H,19,20)/t15-,16-,17-/m0/s1. The Morgan fingerprint density at radius 2 is 2.05 bits per heavy atom. The van der Waals surface area contributed by atoms with E-state index < -0.39 is 0 Å². The zero-order valence-electron chi connectivity index (χ0n) is 12.4. The molecule has 20 heavy (non-hydrogen) atoms. The second-order valence-corrected chi connectivity index (χ2v) is 6.27. The molecule has 0 aliphatic heterocycles. The van der Waals surface area contributed by atoms with Crippen LogP contribution in [0.25, 0.3) is 0 Å². The highest BCUT2D eigenvalue weighted by Crippen LogP contribution is 2.51. The van der Waals surface area contributed by atoms with Gasteiger partial charge in [0.25, 0.3) is 0 Å². The first kappa shape index (κ1) is 13.4. The molecule has 0 bridgehead atoms. The Hall–Kier alpha value is -1.57. The van der Waals surface area contributed by atoms with Gasteiger partial charge in [0.15, 0.2) is 0 Å². The third kappa shape index (κ3) is 2.65. The number of benzene rings is 1. The summed E-state index contributed by atoms with van der Waals surface area (Å²) in [7, 11) is 0. The van der Waals surface area contributed by atoms with Crippen molar-refractivity contribution in [2.75, 3.05) is 5.32 Å². The number of hydrogen-bond donors (Lipinski definition) is 1. The molecule has 0 aromatic heterocycles. The lowest BCUT2D eigenvalue weighted by atomic mass is 10.1. The van der Waals surface area contributed by atoms with Crippen molar-refractivity contribution in [3.05, 3.63) is 41.5 Å². The van der Waals surface area contributed by atoms with Crippen molar-refractivity contribution in [2.45, 2.75) is 39.5 Å². The van der Waals surface area contributed by atoms with Gasteiger partial charge in [-0.3, -0.25) is 4.79 Å². The molecule has 2 aliphatic carbocycles. The molecule has 1 fully saturated rings. The summed E-state index contributed by atoms with van der Waals surface area (Å²) in [6.45, 7) is 4.17. The third-order valence-electron chi connectivity index (χ3n) is 4.82. The number of carbonyl (C=O) groups excluding carboxylic acids is 1. The highest BCUT2D eigenvalue weighted by Gasteiger charge is 2.52. The number of allylic oxidation sites excluding steroid dienone is 2. The van der Waals surface area contributed by atoms with Gasteiger partial charge in [-0.2, -0.15) is 0 Å². The molecule has 1 aromatic carbocycles. The van der Waals surface area contributed by atoms with Crippen molar-refractivity contribution < 1.29 is 4.79 Å². The molecule has 106 valence electrons. The summed E-state index contributed by atoms with van der Waals surface area (Å²) in [4.78, 5) is 12.4. The van der Waals surface area contributed by atoms with E-state index in [1.807, 2.05) is 6.07 Å². The average Bonchev–Trinajstić information content (AvgIpc) is 3.05. The fourth-order valence-electron chi connectivity index (χ4n) is 3.34. The van der Waals surface area contributed by atoms with E-state index in [2.05, 4.69) is 43.4 Å². The summed E-state index contributed by atoms with van der Waals surface area (Å²) in [5.41, 5.74) is 3.42. The maximum absolute atomic E-state index is 12.4. The first-order valence-corrected chi connectivity index (χ1v) is 7.71. The van der Waals surface area contributed by atoms with Gasteiger partial charge in [-0.05, 0) is 68.2 Å². The summed E-state index contributed by atoms with van der Waals surface area (Å²) in [5, 5.41) is 3.10. The lowest BCUT2D eigenvalue weighted by molar-refractivity contribution is -0.117. The number of nitrogens with one attached hydrogen (secondary N) is 1. The molecule has 3 rings (SSSR count). The monoisotopic (exact) mass is 269 g/mol. The van der Waals surface area contributed by atoms with Crippen LogP contribution in [0, 0.1) is 31.6 Å². The van der Waals surface area contributed by atoms with Gasteiger partial charge in [0, 0.05) is 11.6 Å². The largest absolute Gasteiger partial charge is 0.326 e. The quantitative estimate of drug-likeness (QED) is 0.800. The second-order valence-electron chi connectivity index (χ2n) is 6.27. The Bertz CT molecular complexity index is 546. The Morgan fingerprint density at radius 3 is 2.85 bits per heavy atom. The summed E-state index contributed by atoms with van der Waals surface area (Å²) in [6.07, 6.45) is 9.45. The number of anilines is 1. The summed E-state index contributed by atoms with van der Waals surface area (Å²) >= 11 is 0. The lowest BCUT2D eigenvalue weighted by Crippen LogP contribution is -2.15. The maximum atomic E-state index is 12.4. The molecule has 2 heteroatoms. The van der Waals surface area contributed by atoms with E-state index in [-0.39, 0.29) is 11.8 Å². The molecule has 0 heterocycles. The smallest absolute Gasteiger partial charge is 0.228 e. The number of amides is 1. The molecular formula is C18H23NO. The Balaban J connectivity index is 1.66. The SMILES string of the molecule is Cc1ccc(NC(=O)[C@H]2[C@H]3C=CCCCC[C@@H]32)cc1C. The van der Waals surface area contributed by atoms with E-state index in [1.165, 1.54) is 36.8 Å². The molecule has 1 saturated carbocycles. The van der Waals surface area contributed by atoms with Crippen LogP contribution in [-0.2, 0) is 4.79 Å². The van der Waals surface area contributed by atoms with E-state index in [0.29, 0.717) is 11.8 Å². The molecule has 0 spiro atoms. The van der Waals surface area contributed by atoms with Gasteiger partial charge >= 0.3 is 0 Å². The topological polar surface area (TPSA) is 29.1 Å². The first-order chi connectivity index (χ1) is 9.66. The van der Waals surface area contributed by atoms with Crippen molar-refractivity contribution >= 4 is 11.6 Å². The van der Waals surface area contributed by atoms with Crippen molar-refractivity contribution in [1.82, 2.24) is 0 Å². The number of hydrogen-bond acceptors (Lipinski definition) is 1. The highest BCUT2D eigenvalue weighted by molar-refractivity contribution is 5.95. The highest BCUT2D eigenvalue weighted by atomic mass is 16.2. The van der Waals surface area contributed by atoms with Crippen LogP contribution < -0.4 is 5.32 Å². The fourth-order valence-corrected chi connectivity index (χ4v) is 3.34. The van der Waals surface area contributed by atoms with Crippen LogP contribution in [0.5, 0.6) is 0 Å². The molecule has 1 amide bonds. The predicted octanol–water partition coefficient (Wildman–Crippen LogP) is 4.23. The van der Waals surface area contributed by atoms with Crippen LogP contribution in [0.3, 0.4) is 0 Å². The maximum Gasteiger partial charge on any atom is 0.228 e. The van der Waals surface area contributed by atoms with Gasteiger partial charge in [-0.25, -0.2) is 0 Å². The average molecular weight is 269 g/mol. The van der Waals surface area contributed by atoms with Crippen molar-refractivity contribution in [3.63, 3.8) is 0 Å². The molecule has 0 unspecified atom stereocenters. The molecule has 0 radical (unpaired) electrons. The van der Waals surface area contributed by atoms with E-state index in [1.54, 1.807) is 0 Å². The van der Waals surface area contributed by atoms with E-state index >= 15 is 0 Å². The number of carbonyl (C=O) groups is 1. The van der Waals surface area contributed by atoms with Gasteiger partial charge in [0.2, 0.25) is 5.91 Å². The van der Waals surface area contributed by atoms with Gasteiger partial charge in [-0.15, -0.1) is 0 Å². The minimum atomic E-state index is 0.200. The zero-order chi connectivity index (χ0) is 14.1. The molecule has 2 aliphatic rings. The van der Waals surface area contributed by atoms with Crippen LogP contribution >= 0.6 is 0 Å². The molecule has 1 N–H and O–H groups in total. The van der Waals surface area contributed by atoms with Gasteiger partial charge in [0.1, 0.15) is 0 Å². The predicted molar refractivity (Wildman–Crippen MR) is 82.6 cm³/mol. The Labute approximate surface area is 121 Å². The van der Waals surface area contributed by atoms with Gasteiger partial charge < -0.3 is 5.32 Å². The van der Waals surface area contributed by atoms with E-state index in [9.17, 15) is 4.79 Å².